The number of aromatic nitrogens is 4. The van der Waals surface area contributed by atoms with E-state index < -0.39 is 15.1 Å². The van der Waals surface area contributed by atoms with Gasteiger partial charge in [0.15, 0.2) is 9.84 Å². The van der Waals surface area contributed by atoms with E-state index in [1.54, 1.807) is 51.2 Å². The molecule has 3 aromatic rings. The van der Waals surface area contributed by atoms with E-state index in [1.165, 1.54) is 0 Å². The van der Waals surface area contributed by atoms with E-state index >= 15 is 0 Å². The maximum Gasteiger partial charge on any atom is 0.268 e. The maximum absolute atomic E-state index is 12.3. The highest BCUT2D eigenvalue weighted by molar-refractivity contribution is 7.92. The van der Waals surface area contributed by atoms with Crippen LogP contribution in [0.1, 0.15) is 38.3 Å². The molecule has 0 spiro atoms. The Kier molecular flexibility index (Phi) is 5.57. The molecule has 148 valence electrons. The van der Waals surface area contributed by atoms with Gasteiger partial charge in [0, 0.05) is 18.0 Å². The SMILES string of the molecule is Cc1ncc(-c2ccc(S(=O)(=O)C(C)C)cc2)nc1-c1nnc(C(C)CN)o1. The lowest BCUT2D eigenvalue weighted by atomic mass is 10.1. The van der Waals surface area contributed by atoms with E-state index in [-0.39, 0.29) is 16.7 Å². The minimum atomic E-state index is -3.32. The third kappa shape index (κ3) is 3.81. The van der Waals surface area contributed by atoms with Gasteiger partial charge in [0.05, 0.1) is 27.7 Å². The van der Waals surface area contributed by atoms with Crippen LogP contribution in [-0.4, -0.2) is 40.4 Å². The van der Waals surface area contributed by atoms with Gasteiger partial charge in [0.2, 0.25) is 5.89 Å². The molecule has 0 radical (unpaired) electrons. The molecule has 1 atom stereocenters. The minimum absolute atomic E-state index is 0.0480. The number of nitrogens with two attached hydrogens (primary N) is 1. The third-order valence-electron chi connectivity index (χ3n) is 4.47. The molecule has 0 bridgehead atoms. The number of rotatable bonds is 6. The van der Waals surface area contributed by atoms with Crippen LogP contribution in [-0.2, 0) is 9.84 Å². The summed E-state index contributed by atoms with van der Waals surface area (Å²) in [5.74, 6) is 0.682. The molecular weight excluding hydrogens is 378 g/mol. The van der Waals surface area contributed by atoms with Crippen molar-refractivity contribution in [3.8, 4) is 22.8 Å². The van der Waals surface area contributed by atoms with Gasteiger partial charge in [-0.1, -0.05) is 19.1 Å². The lowest BCUT2D eigenvalue weighted by Crippen LogP contribution is -2.13. The van der Waals surface area contributed by atoms with Crippen molar-refractivity contribution in [3.05, 3.63) is 42.0 Å². The maximum atomic E-state index is 12.3. The summed E-state index contributed by atoms with van der Waals surface area (Å²) in [5, 5.41) is 7.61. The van der Waals surface area contributed by atoms with Crippen LogP contribution < -0.4 is 5.73 Å². The van der Waals surface area contributed by atoms with Crippen molar-refractivity contribution in [2.24, 2.45) is 5.73 Å². The van der Waals surface area contributed by atoms with Gasteiger partial charge in [-0.25, -0.2) is 13.4 Å². The Morgan fingerprint density at radius 3 is 2.39 bits per heavy atom. The molecule has 0 saturated carbocycles. The zero-order chi connectivity index (χ0) is 20.5. The van der Waals surface area contributed by atoms with E-state index in [9.17, 15) is 8.42 Å². The zero-order valence-electron chi connectivity index (χ0n) is 16.2. The second-order valence-electron chi connectivity index (χ2n) is 6.89. The molecule has 2 heterocycles. The first kappa shape index (κ1) is 20.1. The van der Waals surface area contributed by atoms with E-state index in [1.807, 2.05) is 6.92 Å². The molecule has 9 heteroatoms. The summed E-state index contributed by atoms with van der Waals surface area (Å²) in [6.07, 6.45) is 1.63. The highest BCUT2D eigenvalue weighted by Crippen LogP contribution is 2.26. The van der Waals surface area contributed by atoms with Crippen molar-refractivity contribution in [3.63, 3.8) is 0 Å². The Morgan fingerprint density at radius 1 is 1.11 bits per heavy atom. The molecule has 0 aliphatic rings. The van der Waals surface area contributed by atoms with Gasteiger partial charge in [0.1, 0.15) is 5.69 Å². The molecule has 0 saturated heterocycles. The van der Waals surface area contributed by atoms with Gasteiger partial charge >= 0.3 is 0 Å². The van der Waals surface area contributed by atoms with Gasteiger partial charge in [-0.05, 0) is 32.9 Å². The standard InChI is InChI=1S/C19H23N5O3S/c1-11(2)28(25,26)15-7-5-14(6-8-15)16-10-21-13(4)17(22-16)19-24-23-18(27-19)12(3)9-20/h5-8,10-12H,9,20H2,1-4H3. The van der Waals surface area contributed by atoms with Crippen LogP contribution in [0, 0.1) is 6.92 Å². The number of nitrogens with zero attached hydrogens (tertiary/aromatic N) is 4. The topological polar surface area (TPSA) is 125 Å². The summed E-state index contributed by atoms with van der Waals surface area (Å²) in [6, 6.07) is 6.60. The van der Waals surface area contributed by atoms with Gasteiger partial charge in [0.25, 0.3) is 5.89 Å². The van der Waals surface area contributed by atoms with Crippen LogP contribution >= 0.6 is 0 Å². The smallest absolute Gasteiger partial charge is 0.268 e. The first-order chi connectivity index (χ1) is 13.2. The summed E-state index contributed by atoms with van der Waals surface area (Å²) >= 11 is 0. The summed E-state index contributed by atoms with van der Waals surface area (Å²) in [7, 11) is -3.32. The predicted octanol–water partition coefficient (Wildman–Crippen LogP) is 2.75. The molecule has 0 fully saturated rings. The molecule has 3 rings (SSSR count). The number of aryl methyl sites for hydroxylation is 1. The van der Waals surface area contributed by atoms with Crippen LogP contribution in [0.5, 0.6) is 0 Å². The van der Waals surface area contributed by atoms with Crippen molar-refractivity contribution in [1.29, 1.82) is 0 Å². The molecular formula is C19H23N5O3S. The van der Waals surface area contributed by atoms with Crippen molar-refractivity contribution in [2.45, 2.75) is 43.8 Å². The fourth-order valence-corrected chi connectivity index (χ4v) is 3.57. The predicted molar refractivity (Wildman–Crippen MR) is 105 cm³/mol. The number of benzene rings is 1. The number of sulfone groups is 1. The fraction of sp³-hybridized carbons (Fsp3) is 0.368. The highest BCUT2D eigenvalue weighted by atomic mass is 32.2. The number of hydrogen-bond acceptors (Lipinski definition) is 8. The second kappa shape index (κ2) is 7.76. The lowest BCUT2D eigenvalue weighted by Gasteiger charge is -2.09. The van der Waals surface area contributed by atoms with Gasteiger partial charge in [-0.15, -0.1) is 10.2 Å². The molecule has 8 nitrogen and oxygen atoms in total. The van der Waals surface area contributed by atoms with Gasteiger partial charge in [-0.3, -0.25) is 4.98 Å². The molecule has 2 aromatic heterocycles. The average Bonchev–Trinajstić information content (AvgIpc) is 3.17. The second-order valence-corrected chi connectivity index (χ2v) is 9.39. The molecule has 1 aromatic carbocycles. The van der Waals surface area contributed by atoms with Crippen LogP contribution in [0.25, 0.3) is 22.8 Å². The van der Waals surface area contributed by atoms with E-state index in [0.29, 0.717) is 29.5 Å². The first-order valence-electron chi connectivity index (χ1n) is 8.95. The van der Waals surface area contributed by atoms with Crippen LogP contribution in [0.4, 0.5) is 0 Å². The van der Waals surface area contributed by atoms with Crippen LogP contribution in [0.15, 0.2) is 39.8 Å². The molecule has 2 N–H and O–H groups in total. The molecule has 1 unspecified atom stereocenters. The largest absolute Gasteiger partial charge is 0.419 e. The molecule has 0 aliphatic carbocycles. The van der Waals surface area contributed by atoms with Gasteiger partial charge < -0.3 is 10.2 Å². The van der Waals surface area contributed by atoms with Crippen molar-refractivity contribution < 1.29 is 12.8 Å². The Hall–Kier alpha value is -2.65. The third-order valence-corrected chi connectivity index (χ3v) is 6.64. The summed E-state index contributed by atoms with van der Waals surface area (Å²) in [6.45, 7) is 7.42. The first-order valence-corrected chi connectivity index (χ1v) is 10.5. The van der Waals surface area contributed by atoms with Crippen LogP contribution in [0.2, 0.25) is 0 Å². The van der Waals surface area contributed by atoms with E-state index in [2.05, 4.69) is 20.2 Å². The molecule has 0 aliphatic heterocycles. The average molecular weight is 401 g/mol. The summed E-state index contributed by atoms with van der Waals surface area (Å²) in [5.41, 5.74) is 8.11. The van der Waals surface area contributed by atoms with Gasteiger partial charge in [-0.2, -0.15) is 0 Å². The Balaban J connectivity index is 1.97. The summed E-state index contributed by atoms with van der Waals surface area (Å²) < 4.78 is 30.3. The Bertz CT molecular complexity index is 1080. The van der Waals surface area contributed by atoms with E-state index in [0.717, 1.165) is 5.56 Å². The lowest BCUT2D eigenvalue weighted by molar-refractivity contribution is 0.469. The Morgan fingerprint density at radius 2 is 1.79 bits per heavy atom. The van der Waals surface area contributed by atoms with Crippen molar-refractivity contribution in [1.82, 2.24) is 20.2 Å². The fourth-order valence-electron chi connectivity index (χ4n) is 2.51. The van der Waals surface area contributed by atoms with Crippen LogP contribution in [0.3, 0.4) is 0 Å². The quantitative estimate of drug-likeness (QED) is 0.668. The van der Waals surface area contributed by atoms with Crippen molar-refractivity contribution >= 4 is 9.84 Å². The van der Waals surface area contributed by atoms with Crippen molar-refractivity contribution in [2.75, 3.05) is 6.54 Å². The minimum Gasteiger partial charge on any atom is -0.419 e. The zero-order valence-corrected chi connectivity index (χ0v) is 17.1. The van der Waals surface area contributed by atoms with E-state index in [4.69, 9.17) is 10.2 Å². The Labute approximate surface area is 164 Å². The normalized spacial score (nSPS) is 13.1. The molecule has 28 heavy (non-hydrogen) atoms. The number of hydrogen-bond donors (Lipinski definition) is 1. The monoisotopic (exact) mass is 401 g/mol. The molecule has 0 amide bonds. The highest BCUT2D eigenvalue weighted by Gasteiger charge is 2.20. The summed E-state index contributed by atoms with van der Waals surface area (Å²) in [4.78, 5) is 9.25.